The van der Waals surface area contributed by atoms with Crippen LogP contribution in [0.2, 0.25) is 5.02 Å². The highest BCUT2D eigenvalue weighted by Gasteiger charge is 2.16. The summed E-state index contributed by atoms with van der Waals surface area (Å²) in [4.78, 5) is 15.7. The molecule has 0 aliphatic carbocycles. The second kappa shape index (κ2) is 6.26. The first-order valence-corrected chi connectivity index (χ1v) is 7.19. The molecule has 1 aromatic heterocycles. The van der Waals surface area contributed by atoms with Crippen LogP contribution in [0.25, 0.3) is 0 Å². The lowest BCUT2D eigenvalue weighted by atomic mass is 10.2. The summed E-state index contributed by atoms with van der Waals surface area (Å²) in [6.45, 7) is 0.724. The average Bonchev–Trinajstić information content (AvgIpc) is 2.38. The fourth-order valence-corrected chi connectivity index (χ4v) is 3.27. The van der Waals surface area contributed by atoms with E-state index in [4.69, 9.17) is 11.6 Å². The molecule has 92 valence electrons. The van der Waals surface area contributed by atoms with Gasteiger partial charge >= 0.3 is 0 Å². The predicted molar refractivity (Wildman–Crippen MR) is 71.7 cm³/mol. The predicted octanol–water partition coefficient (Wildman–Crippen LogP) is 2.75. The zero-order valence-corrected chi connectivity index (χ0v) is 11.1. The third-order valence-corrected chi connectivity index (χ3v) is 4.48. The fraction of sp³-hybridized carbons (Fsp3) is 0.500. The van der Waals surface area contributed by atoms with Crippen molar-refractivity contribution in [3.63, 3.8) is 0 Å². The molecule has 1 aliphatic rings. The summed E-state index contributed by atoms with van der Waals surface area (Å²) in [7, 11) is 0. The van der Waals surface area contributed by atoms with Gasteiger partial charge in [-0.3, -0.25) is 9.78 Å². The van der Waals surface area contributed by atoms with E-state index in [2.05, 4.69) is 10.3 Å². The first-order valence-electron chi connectivity index (χ1n) is 5.76. The lowest BCUT2D eigenvalue weighted by molar-refractivity contribution is 0.0953. The highest BCUT2D eigenvalue weighted by Crippen LogP contribution is 2.24. The number of pyridine rings is 1. The zero-order chi connectivity index (χ0) is 12.1. The molecule has 3 nitrogen and oxygen atoms in total. The minimum atomic E-state index is -0.108. The highest BCUT2D eigenvalue weighted by molar-refractivity contribution is 7.99. The Hall–Kier alpha value is -0.740. The molecule has 1 aliphatic heterocycles. The molecular formula is C12H15ClN2OS. The van der Waals surface area contributed by atoms with Crippen LogP contribution in [0.5, 0.6) is 0 Å². The summed E-state index contributed by atoms with van der Waals surface area (Å²) in [6.07, 6.45) is 6.83. The molecule has 1 N–H and O–H groups in total. The number of nitrogens with zero attached hydrogens (tertiary/aromatic N) is 1. The van der Waals surface area contributed by atoms with Crippen molar-refractivity contribution in [2.75, 3.05) is 12.3 Å². The van der Waals surface area contributed by atoms with Gasteiger partial charge in [0.05, 0.1) is 10.6 Å². The monoisotopic (exact) mass is 270 g/mol. The number of thioether (sulfide) groups is 1. The van der Waals surface area contributed by atoms with E-state index in [1.54, 1.807) is 12.3 Å². The van der Waals surface area contributed by atoms with Gasteiger partial charge in [-0.05, 0) is 24.7 Å². The van der Waals surface area contributed by atoms with E-state index < -0.39 is 0 Å². The largest absolute Gasteiger partial charge is 0.351 e. The number of rotatable bonds is 3. The van der Waals surface area contributed by atoms with Crippen LogP contribution >= 0.6 is 23.4 Å². The molecule has 2 rings (SSSR count). The van der Waals surface area contributed by atoms with Crippen molar-refractivity contribution < 1.29 is 4.79 Å². The molecule has 0 bridgehead atoms. The first kappa shape index (κ1) is 12.7. The number of halogens is 1. The van der Waals surface area contributed by atoms with Crippen LogP contribution in [0.3, 0.4) is 0 Å². The van der Waals surface area contributed by atoms with Crippen molar-refractivity contribution in [1.82, 2.24) is 10.3 Å². The van der Waals surface area contributed by atoms with Crippen molar-refractivity contribution in [2.45, 2.75) is 24.5 Å². The summed E-state index contributed by atoms with van der Waals surface area (Å²) in [6, 6.07) is 1.64. The third-order valence-electron chi connectivity index (χ3n) is 2.78. The second-order valence-corrected chi connectivity index (χ2v) is 5.87. The molecule has 1 amide bonds. The Labute approximate surface area is 110 Å². The van der Waals surface area contributed by atoms with E-state index in [0.29, 0.717) is 15.8 Å². The van der Waals surface area contributed by atoms with Crippen molar-refractivity contribution in [3.05, 3.63) is 29.0 Å². The molecule has 2 heterocycles. The summed E-state index contributed by atoms with van der Waals surface area (Å²) in [5, 5.41) is 3.89. The molecule has 17 heavy (non-hydrogen) atoms. The van der Waals surface area contributed by atoms with Gasteiger partial charge in [-0.25, -0.2) is 0 Å². The standard InChI is InChI=1S/C12H15ClN2OS/c13-11-8-14-5-4-10(11)12(16)15-7-9-3-1-2-6-17-9/h4-5,8-9H,1-3,6-7H2,(H,15,16). The van der Waals surface area contributed by atoms with Crippen molar-refractivity contribution in [2.24, 2.45) is 0 Å². The smallest absolute Gasteiger partial charge is 0.252 e. The summed E-state index contributed by atoms with van der Waals surface area (Å²) < 4.78 is 0. The molecule has 0 radical (unpaired) electrons. The van der Waals surface area contributed by atoms with Crippen LogP contribution in [-0.4, -0.2) is 28.4 Å². The SMILES string of the molecule is O=C(NCC1CCCCS1)c1ccncc1Cl. The normalized spacial score (nSPS) is 19.9. The Morgan fingerprint density at radius 1 is 1.59 bits per heavy atom. The van der Waals surface area contributed by atoms with Gasteiger partial charge in [0.15, 0.2) is 0 Å². The van der Waals surface area contributed by atoms with Crippen LogP contribution < -0.4 is 5.32 Å². The molecule has 1 unspecified atom stereocenters. The maximum atomic E-state index is 11.9. The number of hydrogen-bond donors (Lipinski definition) is 1. The van der Waals surface area contributed by atoms with Gasteiger partial charge in [0.2, 0.25) is 0 Å². The first-order chi connectivity index (χ1) is 8.27. The lowest BCUT2D eigenvalue weighted by Gasteiger charge is -2.21. The number of hydrogen-bond acceptors (Lipinski definition) is 3. The van der Waals surface area contributed by atoms with Crippen LogP contribution in [0.4, 0.5) is 0 Å². The Bertz CT molecular complexity index is 394. The van der Waals surface area contributed by atoms with Crippen LogP contribution in [-0.2, 0) is 0 Å². The van der Waals surface area contributed by atoms with Crippen LogP contribution in [0, 0.1) is 0 Å². The molecule has 0 saturated carbocycles. The molecule has 1 aromatic rings. The van der Waals surface area contributed by atoms with E-state index in [-0.39, 0.29) is 5.91 Å². The van der Waals surface area contributed by atoms with Gasteiger partial charge in [0.25, 0.3) is 5.91 Å². The lowest BCUT2D eigenvalue weighted by Crippen LogP contribution is -2.32. The molecule has 0 aromatic carbocycles. The summed E-state index contributed by atoms with van der Waals surface area (Å²) in [5.41, 5.74) is 0.502. The quantitative estimate of drug-likeness (QED) is 0.918. The third kappa shape index (κ3) is 3.61. The van der Waals surface area contributed by atoms with Gasteiger partial charge in [-0.2, -0.15) is 11.8 Å². The van der Waals surface area contributed by atoms with Gasteiger partial charge < -0.3 is 5.32 Å². The van der Waals surface area contributed by atoms with E-state index in [9.17, 15) is 4.79 Å². The Kier molecular flexibility index (Phi) is 4.68. The van der Waals surface area contributed by atoms with Gasteiger partial charge in [0, 0.05) is 24.2 Å². The van der Waals surface area contributed by atoms with Crippen molar-refractivity contribution in [3.8, 4) is 0 Å². The topological polar surface area (TPSA) is 42.0 Å². The van der Waals surface area contributed by atoms with Gasteiger partial charge in [-0.15, -0.1) is 0 Å². The minimum absolute atomic E-state index is 0.108. The maximum absolute atomic E-state index is 11.9. The number of carbonyl (C=O) groups excluding carboxylic acids is 1. The highest BCUT2D eigenvalue weighted by atomic mass is 35.5. The fourth-order valence-electron chi connectivity index (χ4n) is 1.83. The number of nitrogens with one attached hydrogen (secondary N) is 1. The minimum Gasteiger partial charge on any atom is -0.351 e. The van der Waals surface area contributed by atoms with Gasteiger partial charge in [-0.1, -0.05) is 18.0 Å². The second-order valence-electron chi connectivity index (χ2n) is 4.05. The molecule has 1 fully saturated rings. The molecular weight excluding hydrogens is 256 g/mol. The molecule has 5 heteroatoms. The maximum Gasteiger partial charge on any atom is 0.252 e. The number of aromatic nitrogens is 1. The summed E-state index contributed by atoms with van der Waals surface area (Å²) >= 11 is 7.86. The molecule has 0 spiro atoms. The zero-order valence-electron chi connectivity index (χ0n) is 9.49. The van der Waals surface area contributed by atoms with E-state index in [1.807, 2.05) is 11.8 Å². The van der Waals surface area contributed by atoms with Crippen LogP contribution in [0.1, 0.15) is 29.6 Å². The summed E-state index contributed by atoms with van der Waals surface area (Å²) in [5.74, 6) is 1.10. The van der Waals surface area contributed by atoms with Crippen LogP contribution in [0.15, 0.2) is 18.5 Å². The molecule has 1 atom stereocenters. The van der Waals surface area contributed by atoms with E-state index >= 15 is 0 Å². The van der Waals surface area contributed by atoms with Gasteiger partial charge in [0.1, 0.15) is 0 Å². The van der Waals surface area contributed by atoms with Crippen molar-refractivity contribution in [1.29, 1.82) is 0 Å². The molecule has 1 saturated heterocycles. The Balaban J connectivity index is 1.87. The van der Waals surface area contributed by atoms with Crippen molar-refractivity contribution >= 4 is 29.3 Å². The Morgan fingerprint density at radius 3 is 3.18 bits per heavy atom. The number of carbonyl (C=O) groups is 1. The van der Waals surface area contributed by atoms with E-state index in [1.165, 1.54) is 31.2 Å². The average molecular weight is 271 g/mol. The van der Waals surface area contributed by atoms with E-state index in [0.717, 1.165) is 6.54 Å². The Morgan fingerprint density at radius 2 is 2.47 bits per heavy atom. The number of amides is 1.